The molecule has 0 heterocycles. The molecule has 0 fully saturated rings. The highest BCUT2D eigenvalue weighted by Gasteiger charge is 1.93. The van der Waals surface area contributed by atoms with E-state index in [1.54, 1.807) is 0 Å². The molecular weight excluding hydrogens is 238 g/mol. The first-order valence-electron chi connectivity index (χ1n) is 8.19. The van der Waals surface area contributed by atoms with Gasteiger partial charge in [-0.2, -0.15) is 0 Å². The molecule has 0 aromatic heterocycles. The van der Waals surface area contributed by atoms with Crippen LogP contribution in [-0.4, -0.2) is 11.6 Å². The van der Waals surface area contributed by atoms with Crippen molar-refractivity contribution in [3.8, 4) is 0 Å². The first kappa shape index (κ1) is 18.3. The molecule has 1 nitrogen and oxygen atoms in total. The monoisotopic (exact) mass is 273 g/mol. The van der Waals surface area contributed by atoms with Gasteiger partial charge in [-0.3, -0.25) is 0 Å². The summed E-state index contributed by atoms with van der Waals surface area (Å²) in [6.45, 7) is 2.29. The summed E-state index contributed by atoms with van der Waals surface area (Å²) in [5.41, 5.74) is 5.44. The van der Waals surface area contributed by atoms with E-state index in [1.807, 2.05) is 11.8 Å². The Hall–Kier alpha value is 0.310. The fourth-order valence-electron chi connectivity index (χ4n) is 2.31. The van der Waals surface area contributed by atoms with Gasteiger partial charge < -0.3 is 5.73 Å². The summed E-state index contributed by atoms with van der Waals surface area (Å²) in [4.78, 5) is 0. The lowest BCUT2D eigenvalue weighted by atomic mass is 10.1. The highest BCUT2D eigenvalue weighted by molar-refractivity contribution is 7.99. The molecule has 0 rings (SSSR count). The number of nitrogens with two attached hydrogens (primary N) is 1. The minimum absolute atomic E-state index is 0.790. The number of unbranched alkanes of at least 4 members (excludes halogenated alkanes) is 12. The van der Waals surface area contributed by atoms with Crippen molar-refractivity contribution >= 4 is 11.8 Å². The van der Waals surface area contributed by atoms with Crippen LogP contribution in [0.4, 0.5) is 0 Å². The van der Waals surface area contributed by atoms with Crippen LogP contribution in [-0.2, 0) is 0 Å². The molecule has 0 unspecified atom stereocenters. The van der Waals surface area contributed by atoms with E-state index in [1.165, 1.54) is 89.2 Å². The Morgan fingerprint density at radius 3 is 1.39 bits per heavy atom. The Morgan fingerprint density at radius 1 is 0.611 bits per heavy atom. The van der Waals surface area contributed by atoms with Gasteiger partial charge in [0.05, 0.1) is 0 Å². The number of thioether (sulfide) groups is 1. The largest absolute Gasteiger partial charge is 0.322 e. The molecule has 0 bridgehead atoms. The molecule has 110 valence electrons. The third-order valence-electron chi connectivity index (χ3n) is 3.51. The SMILES string of the molecule is CCCCCCCCCCCCCCCSCN. The summed E-state index contributed by atoms with van der Waals surface area (Å²) in [6.07, 6.45) is 18.7. The molecule has 18 heavy (non-hydrogen) atoms. The van der Waals surface area contributed by atoms with E-state index in [2.05, 4.69) is 6.92 Å². The zero-order valence-electron chi connectivity index (χ0n) is 12.6. The lowest BCUT2D eigenvalue weighted by Crippen LogP contribution is -1.93. The van der Waals surface area contributed by atoms with Crippen LogP contribution in [0.5, 0.6) is 0 Å². The summed E-state index contributed by atoms with van der Waals surface area (Å²) in [5, 5.41) is 0. The average Bonchev–Trinajstić information content (AvgIpc) is 2.39. The predicted octanol–water partition coefficient (Wildman–Crippen LogP) is 5.73. The van der Waals surface area contributed by atoms with Gasteiger partial charge in [-0.25, -0.2) is 0 Å². The van der Waals surface area contributed by atoms with E-state index in [0.29, 0.717) is 0 Å². The molecule has 0 aliphatic heterocycles. The fraction of sp³-hybridized carbons (Fsp3) is 1.00. The van der Waals surface area contributed by atoms with Crippen LogP contribution in [0.2, 0.25) is 0 Å². The van der Waals surface area contributed by atoms with Gasteiger partial charge in [-0.1, -0.05) is 84.0 Å². The van der Waals surface area contributed by atoms with E-state index in [-0.39, 0.29) is 0 Å². The molecule has 0 atom stereocenters. The van der Waals surface area contributed by atoms with Gasteiger partial charge >= 0.3 is 0 Å². The molecule has 0 aliphatic carbocycles. The highest BCUT2D eigenvalue weighted by Crippen LogP contribution is 2.13. The van der Waals surface area contributed by atoms with Crippen molar-refractivity contribution in [3.05, 3.63) is 0 Å². The third-order valence-corrected chi connectivity index (χ3v) is 4.32. The van der Waals surface area contributed by atoms with Crippen LogP contribution in [0.1, 0.15) is 90.4 Å². The summed E-state index contributed by atoms with van der Waals surface area (Å²) in [6, 6.07) is 0. The van der Waals surface area contributed by atoms with Crippen LogP contribution < -0.4 is 5.73 Å². The van der Waals surface area contributed by atoms with Gasteiger partial charge in [0.15, 0.2) is 0 Å². The molecule has 0 saturated heterocycles. The second kappa shape index (κ2) is 17.3. The van der Waals surface area contributed by atoms with Gasteiger partial charge in [0.25, 0.3) is 0 Å². The van der Waals surface area contributed by atoms with Crippen LogP contribution in [0.3, 0.4) is 0 Å². The Bertz CT molecular complexity index is 123. The Balaban J connectivity index is 2.86. The molecule has 0 amide bonds. The molecule has 0 aliphatic rings. The van der Waals surface area contributed by atoms with Gasteiger partial charge in [-0.15, -0.1) is 11.8 Å². The average molecular weight is 274 g/mol. The molecule has 0 saturated carbocycles. The number of rotatable bonds is 15. The van der Waals surface area contributed by atoms with Crippen molar-refractivity contribution in [2.45, 2.75) is 90.4 Å². The van der Waals surface area contributed by atoms with Crippen LogP contribution in [0.25, 0.3) is 0 Å². The van der Waals surface area contributed by atoms with Gasteiger partial charge in [0.1, 0.15) is 0 Å². The van der Waals surface area contributed by atoms with Gasteiger partial charge in [0.2, 0.25) is 0 Å². The second-order valence-electron chi connectivity index (χ2n) is 5.32. The van der Waals surface area contributed by atoms with Crippen molar-refractivity contribution in [2.75, 3.05) is 11.6 Å². The normalized spacial score (nSPS) is 11.0. The molecular formula is C16H35NS. The van der Waals surface area contributed by atoms with E-state index in [0.717, 1.165) is 5.88 Å². The number of hydrogen-bond donors (Lipinski definition) is 1. The minimum Gasteiger partial charge on any atom is -0.322 e. The van der Waals surface area contributed by atoms with Gasteiger partial charge in [0, 0.05) is 5.88 Å². The maximum Gasteiger partial charge on any atom is 0.0392 e. The second-order valence-corrected chi connectivity index (χ2v) is 6.47. The van der Waals surface area contributed by atoms with E-state index < -0.39 is 0 Å². The predicted molar refractivity (Wildman–Crippen MR) is 87.2 cm³/mol. The van der Waals surface area contributed by atoms with E-state index in [4.69, 9.17) is 5.73 Å². The van der Waals surface area contributed by atoms with Crippen molar-refractivity contribution < 1.29 is 0 Å². The third kappa shape index (κ3) is 16.3. The lowest BCUT2D eigenvalue weighted by molar-refractivity contribution is 0.543. The highest BCUT2D eigenvalue weighted by atomic mass is 32.2. The standard InChI is InChI=1S/C16H35NS/c1-2-3-4-5-6-7-8-9-10-11-12-13-14-15-18-16-17/h2-17H2,1H3. The summed E-state index contributed by atoms with van der Waals surface area (Å²) in [7, 11) is 0. The van der Waals surface area contributed by atoms with Crippen molar-refractivity contribution in [3.63, 3.8) is 0 Å². The molecule has 0 radical (unpaired) electrons. The fourth-order valence-corrected chi connectivity index (χ4v) is 2.88. The van der Waals surface area contributed by atoms with Crippen molar-refractivity contribution in [1.29, 1.82) is 0 Å². The minimum atomic E-state index is 0.790. The quantitative estimate of drug-likeness (QED) is 0.305. The zero-order chi connectivity index (χ0) is 13.3. The topological polar surface area (TPSA) is 26.0 Å². The van der Waals surface area contributed by atoms with Crippen LogP contribution >= 0.6 is 11.8 Å². The van der Waals surface area contributed by atoms with Crippen LogP contribution in [0, 0.1) is 0 Å². The van der Waals surface area contributed by atoms with Gasteiger partial charge in [-0.05, 0) is 12.2 Å². The number of hydrogen-bond acceptors (Lipinski definition) is 2. The summed E-state index contributed by atoms with van der Waals surface area (Å²) < 4.78 is 0. The molecule has 2 heteroatoms. The Morgan fingerprint density at radius 2 is 1.00 bits per heavy atom. The van der Waals surface area contributed by atoms with Crippen molar-refractivity contribution in [1.82, 2.24) is 0 Å². The molecule has 2 N–H and O–H groups in total. The Labute approximate surface area is 120 Å². The maximum absolute atomic E-state index is 5.44. The van der Waals surface area contributed by atoms with E-state index >= 15 is 0 Å². The first-order valence-corrected chi connectivity index (χ1v) is 9.35. The molecule has 0 aromatic carbocycles. The summed E-state index contributed by atoms with van der Waals surface area (Å²) >= 11 is 1.87. The zero-order valence-corrected chi connectivity index (χ0v) is 13.4. The Kier molecular flexibility index (Phi) is 17.6. The molecule has 0 aromatic rings. The molecule has 0 spiro atoms. The van der Waals surface area contributed by atoms with Crippen molar-refractivity contribution in [2.24, 2.45) is 5.73 Å². The summed E-state index contributed by atoms with van der Waals surface area (Å²) in [5.74, 6) is 2.05. The maximum atomic E-state index is 5.44. The first-order chi connectivity index (χ1) is 8.91. The van der Waals surface area contributed by atoms with Crippen LogP contribution in [0.15, 0.2) is 0 Å². The smallest absolute Gasteiger partial charge is 0.0392 e. The lowest BCUT2D eigenvalue weighted by Gasteiger charge is -2.02. The van der Waals surface area contributed by atoms with E-state index in [9.17, 15) is 0 Å².